The van der Waals surface area contributed by atoms with Crippen molar-refractivity contribution in [3.63, 3.8) is 0 Å². The number of thioether (sulfide) groups is 1. The van der Waals surface area contributed by atoms with Crippen molar-refractivity contribution < 1.29 is 4.79 Å². The fraction of sp³-hybridized carbons (Fsp3) is 0.130. The van der Waals surface area contributed by atoms with E-state index in [4.69, 9.17) is 0 Å². The lowest BCUT2D eigenvalue weighted by Gasteiger charge is -2.06. The summed E-state index contributed by atoms with van der Waals surface area (Å²) in [5.41, 5.74) is 3.76. The number of hydrogen-bond acceptors (Lipinski definition) is 3. The fourth-order valence-electron chi connectivity index (χ4n) is 2.96. The highest BCUT2D eigenvalue weighted by Gasteiger charge is 2.06. The summed E-state index contributed by atoms with van der Waals surface area (Å²) in [5.74, 6) is 1.81. The van der Waals surface area contributed by atoms with E-state index in [-0.39, 0.29) is 5.91 Å². The first-order chi connectivity index (χ1) is 13.8. The molecule has 0 atom stereocenters. The van der Waals surface area contributed by atoms with Gasteiger partial charge in [-0.25, -0.2) is 4.98 Å². The first-order valence-electron chi connectivity index (χ1n) is 9.31. The number of carbonyl (C=O) groups excluding carboxylic acids is 1. The molecule has 0 aliphatic rings. The second kappa shape index (κ2) is 8.76. The number of fused-ring (bicyclic) bond motifs is 1. The van der Waals surface area contributed by atoms with Crippen LogP contribution in [0.5, 0.6) is 0 Å². The highest BCUT2D eigenvalue weighted by atomic mass is 32.2. The molecule has 140 valence electrons. The molecule has 4 nitrogen and oxygen atoms in total. The van der Waals surface area contributed by atoms with Crippen molar-refractivity contribution in [1.82, 2.24) is 9.97 Å². The van der Waals surface area contributed by atoms with Gasteiger partial charge in [0.2, 0.25) is 5.91 Å². The molecule has 5 heteroatoms. The summed E-state index contributed by atoms with van der Waals surface area (Å²) < 4.78 is 0. The molecule has 0 aliphatic heterocycles. The standard InChI is InChI=1S/C23H21N3OS/c27-22(11-6-16-28-19-7-2-1-3-8-19)24-18-14-12-17(13-15-18)23-25-20-9-4-5-10-21(20)26-23/h1-5,7-10,12-15H,6,11,16H2,(H,24,27)(H,25,26). The number of benzene rings is 3. The molecule has 0 fully saturated rings. The summed E-state index contributed by atoms with van der Waals surface area (Å²) in [6.07, 6.45) is 1.37. The molecule has 4 rings (SSSR count). The minimum absolute atomic E-state index is 0.0464. The zero-order chi connectivity index (χ0) is 19.2. The van der Waals surface area contributed by atoms with Gasteiger partial charge in [0, 0.05) is 22.6 Å². The predicted octanol–water partition coefficient (Wildman–Crippen LogP) is 5.74. The highest BCUT2D eigenvalue weighted by Crippen LogP contribution is 2.22. The summed E-state index contributed by atoms with van der Waals surface area (Å²) in [5, 5.41) is 2.97. The second-order valence-corrected chi connectivity index (χ2v) is 7.66. The van der Waals surface area contributed by atoms with Crippen LogP contribution in [0.4, 0.5) is 5.69 Å². The summed E-state index contributed by atoms with van der Waals surface area (Å²) in [6, 6.07) is 26.0. The third-order valence-corrected chi connectivity index (χ3v) is 5.49. The van der Waals surface area contributed by atoms with Gasteiger partial charge in [0.15, 0.2) is 0 Å². The highest BCUT2D eigenvalue weighted by molar-refractivity contribution is 7.99. The van der Waals surface area contributed by atoms with E-state index in [0.717, 1.165) is 40.3 Å². The summed E-state index contributed by atoms with van der Waals surface area (Å²) >= 11 is 1.78. The first kappa shape index (κ1) is 18.3. The topological polar surface area (TPSA) is 57.8 Å². The Morgan fingerprint density at radius 1 is 0.929 bits per heavy atom. The number of imidazole rings is 1. The van der Waals surface area contributed by atoms with Crippen molar-refractivity contribution in [2.45, 2.75) is 17.7 Å². The summed E-state index contributed by atoms with van der Waals surface area (Å²) in [6.45, 7) is 0. The smallest absolute Gasteiger partial charge is 0.224 e. The van der Waals surface area contributed by atoms with Crippen LogP contribution in [0, 0.1) is 0 Å². The van der Waals surface area contributed by atoms with E-state index in [0.29, 0.717) is 6.42 Å². The lowest BCUT2D eigenvalue weighted by Crippen LogP contribution is -2.11. The third kappa shape index (κ3) is 4.61. The van der Waals surface area contributed by atoms with Crippen LogP contribution < -0.4 is 5.32 Å². The molecule has 4 aromatic rings. The van der Waals surface area contributed by atoms with Gasteiger partial charge in [-0.1, -0.05) is 30.3 Å². The average molecular weight is 388 g/mol. The van der Waals surface area contributed by atoms with Gasteiger partial charge in [-0.15, -0.1) is 11.8 Å². The minimum Gasteiger partial charge on any atom is -0.338 e. The van der Waals surface area contributed by atoms with Gasteiger partial charge >= 0.3 is 0 Å². The quantitative estimate of drug-likeness (QED) is 0.314. The summed E-state index contributed by atoms with van der Waals surface area (Å²) in [4.78, 5) is 21.3. The Labute approximate surface area is 168 Å². The van der Waals surface area contributed by atoms with E-state index >= 15 is 0 Å². The number of rotatable bonds is 7. The predicted molar refractivity (Wildman–Crippen MR) is 117 cm³/mol. The van der Waals surface area contributed by atoms with Crippen molar-refractivity contribution in [2.24, 2.45) is 0 Å². The van der Waals surface area contributed by atoms with E-state index in [1.165, 1.54) is 4.90 Å². The molecule has 1 aromatic heterocycles. The Bertz CT molecular complexity index is 1030. The lowest BCUT2D eigenvalue weighted by molar-refractivity contribution is -0.116. The molecule has 0 bridgehead atoms. The van der Waals surface area contributed by atoms with Crippen LogP contribution in [0.3, 0.4) is 0 Å². The summed E-state index contributed by atoms with van der Waals surface area (Å²) in [7, 11) is 0. The van der Waals surface area contributed by atoms with Crippen LogP contribution >= 0.6 is 11.8 Å². The van der Waals surface area contributed by atoms with E-state index in [1.807, 2.05) is 66.7 Å². The molecule has 0 unspecified atom stereocenters. The Morgan fingerprint density at radius 3 is 2.46 bits per heavy atom. The fourth-order valence-corrected chi connectivity index (χ4v) is 3.84. The first-order valence-corrected chi connectivity index (χ1v) is 10.3. The van der Waals surface area contributed by atoms with Gasteiger partial charge in [0.25, 0.3) is 0 Å². The van der Waals surface area contributed by atoms with Gasteiger partial charge in [-0.2, -0.15) is 0 Å². The molecule has 3 aromatic carbocycles. The van der Waals surface area contributed by atoms with Crippen molar-refractivity contribution in [2.75, 3.05) is 11.1 Å². The second-order valence-electron chi connectivity index (χ2n) is 6.49. The molecule has 0 saturated heterocycles. The van der Waals surface area contributed by atoms with Crippen LogP contribution in [0.1, 0.15) is 12.8 Å². The molecule has 2 N–H and O–H groups in total. The van der Waals surface area contributed by atoms with E-state index in [9.17, 15) is 4.79 Å². The molecule has 0 saturated carbocycles. The largest absolute Gasteiger partial charge is 0.338 e. The molecule has 0 aliphatic carbocycles. The Kier molecular flexibility index (Phi) is 5.73. The lowest BCUT2D eigenvalue weighted by atomic mass is 10.2. The van der Waals surface area contributed by atoms with Crippen LogP contribution in [-0.4, -0.2) is 21.6 Å². The number of aromatic amines is 1. The number of aromatic nitrogens is 2. The minimum atomic E-state index is 0.0464. The zero-order valence-electron chi connectivity index (χ0n) is 15.4. The molecule has 28 heavy (non-hydrogen) atoms. The number of anilines is 1. The molecule has 1 amide bonds. The maximum atomic E-state index is 12.2. The Morgan fingerprint density at radius 2 is 1.68 bits per heavy atom. The third-order valence-electron chi connectivity index (χ3n) is 4.39. The van der Waals surface area contributed by atoms with Gasteiger partial charge in [0.05, 0.1) is 11.0 Å². The van der Waals surface area contributed by atoms with Gasteiger partial charge in [-0.3, -0.25) is 4.79 Å². The van der Waals surface area contributed by atoms with Crippen molar-refractivity contribution in [3.05, 3.63) is 78.9 Å². The number of nitrogens with one attached hydrogen (secondary N) is 2. The SMILES string of the molecule is O=C(CCCSc1ccccc1)Nc1ccc(-c2nc3ccccc3[nH]2)cc1. The van der Waals surface area contributed by atoms with Gasteiger partial charge in [0.1, 0.15) is 5.82 Å². The molecule has 1 heterocycles. The number of H-pyrrole nitrogens is 1. The van der Waals surface area contributed by atoms with Crippen LogP contribution in [0.15, 0.2) is 83.8 Å². The molecule has 0 spiro atoms. The number of nitrogens with zero attached hydrogens (tertiary/aromatic N) is 1. The van der Waals surface area contributed by atoms with Crippen LogP contribution in [0.2, 0.25) is 0 Å². The number of amides is 1. The van der Waals surface area contributed by atoms with Gasteiger partial charge in [-0.05, 0) is 60.7 Å². The van der Waals surface area contributed by atoms with E-state index < -0.39 is 0 Å². The normalized spacial score (nSPS) is 10.9. The van der Waals surface area contributed by atoms with Crippen molar-refractivity contribution in [3.8, 4) is 11.4 Å². The molecular formula is C23H21N3OS. The Hall–Kier alpha value is -3.05. The average Bonchev–Trinajstić information content (AvgIpc) is 3.17. The van der Waals surface area contributed by atoms with Crippen molar-refractivity contribution >= 4 is 34.4 Å². The van der Waals surface area contributed by atoms with Crippen molar-refractivity contribution in [1.29, 1.82) is 0 Å². The van der Waals surface area contributed by atoms with Gasteiger partial charge < -0.3 is 10.3 Å². The maximum absolute atomic E-state index is 12.2. The van der Waals surface area contributed by atoms with Crippen LogP contribution in [0.25, 0.3) is 22.4 Å². The number of carbonyl (C=O) groups is 1. The number of para-hydroxylation sites is 2. The van der Waals surface area contributed by atoms with E-state index in [1.54, 1.807) is 11.8 Å². The monoisotopic (exact) mass is 387 g/mol. The van der Waals surface area contributed by atoms with Crippen LogP contribution in [-0.2, 0) is 4.79 Å². The molecular weight excluding hydrogens is 366 g/mol. The number of hydrogen-bond donors (Lipinski definition) is 2. The molecule has 0 radical (unpaired) electrons. The zero-order valence-corrected chi connectivity index (χ0v) is 16.2. The maximum Gasteiger partial charge on any atom is 0.224 e. The van der Waals surface area contributed by atoms with E-state index in [2.05, 4.69) is 27.4 Å². The Balaban J connectivity index is 1.28.